The number of nitrogens with zero attached hydrogens (tertiary/aromatic N) is 2. The fourth-order valence-corrected chi connectivity index (χ4v) is 1.93. The molecule has 0 aliphatic carbocycles. The minimum atomic E-state index is -0.609. The highest BCUT2D eigenvalue weighted by molar-refractivity contribution is 5.75. The Kier molecular flexibility index (Phi) is 4.52. The molecule has 1 heterocycles. The van der Waals surface area contributed by atoms with Crippen LogP contribution in [0.3, 0.4) is 0 Å². The van der Waals surface area contributed by atoms with Crippen LogP contribution in [0.15, 0.2) is 30.6 Å². The Hall–Kier alpha value is -2.44. The van der Waals surface area contributed by atoms with Crippen LogP contribution in [0.25, 0.3) is 0 Å². The lowest BCUT2D eigenvalue weighted by Crippen LogP contribution is -2.23. The van der Waals surface area contributed by atoms with E-state index in [9.17, 15) is 13.6 Å². The van der Waals surface area contributed by atoms with Crippen LogP contribution >= 0.6 is 0 Å². The molecular formula is C14H16F2N4O. The zero-order valence-electron chi connectivity index (χ0n) is 11.7. The predicted octanol–water partition coefficient (Wildman–Crippen LogP) is 2.08. The molecule has 5 nitrogen and oxygen atoms in total. The van der Waals surface area contributed by atoms with Crippen LogP contribution < -0.4 is 10.6 Å². The summed E-state index contributed by atoms with van der Waals surface area (Å²) in [6, 6.07) is 3.11. The van der Waals surface area contributed by atoms with Crippen molar-refractivity contribution in [2.75, 3.05) is 12.4 Å². The van der Waals surface area contributed by atoms with Crippen molar-refractivity contribution in [3.8, 4) is 0 Å². The van der Waals surface area contributed by atoms with Gasteiger partial charge in [0.15, 0.2) is 0 Å². The van der Waals surface area contributed by atoms with Gasteiger partial charge in [-0.1, -0.05) is 6.07 Å². The summed E-state index contributed by atoms with van der Waals surface area (Å²) >= 11 is 0. The fourth-order valence-electron chi connectivity index (χ4n) is 1.93. The molecule has 0 saturated carbocycles. The zero-order valence-corrected chi connectivity index (χ0v) is 11.7. The van der Waals surface area contributed by atoms with Gasteiger partial charge in [-0.15, -0.1) is 0 Å². The normalized spacial score (nSPS) is 12.0. The van der Waals surface area contributed by atoms with E-state index in [1.807, 2.05) is 0 Å². The van der Waals surface area contributed by atoms with Crippen molar-refractivity contribution in [3.63, 3.8) is 0 Å². The molecule has 1 atom stereocenters. The van der Waals surface area contributed by atoms with Crippen molar-refractivity contribution in [3.05, 3.63) is 47.8 Å². The van der Waals surface area contributed by atoms with E-state index in [0.717, 1.165) is 6.07 Å². The molecule has 1 aromatic carbocycles. The second kappa shape index (κ2) is 6.34. The van der Waals surface area contributed by atoms with Crippen LogP contribution in [0.2, 0.25) is 0 Å². The van der Waals surface area contributed by atoms with Crippen molar-refractivity contribution >= 4 is 11.6 Å². The van der Waals surface area contributed by atoms with Crippen molar-refractivity contribution in [2.24, 2.45) is 0 Å². The molecule has 0 aliphatic rings. The first kappa shape index (κ1) is 15.0. The number of carbonyl (C=O) groups excluding carboxylic acids is 1. The van der Waals surface area contributed by atoms with E-state index in [0.29, 0.717) is 11.3 Å². The molecule has 0 spiro atoms. The van der Waals surface area contributed by atoms with Crippen molar-refractivity contribution in [2.45, 2.75) is 19.5 Å². The van der Waals surface area contributed by atoms with Crippen LogP contribution in [-0.2, 0) is 11.3 Å². The summed E-state index contributed by atoms with van der Waals surface area (Å²) in [5.74, 6) is -1.38. The van der Waals surface area contributed by atoms with Gasteiger partial charge in [-0.05, 0) is 13.0 Å². The van der Waals surface area contributed by atoms with Crippen LogP contribution in [0.5, 0.6) is 0 Å². The van der Waals surface area contributed by atoms with Crippen LogP contribution in [0.4, 0.5) is 14.5 Å². The molecular weight excluding hydrogens is 278 g/mol. The number of halogens is 2. The number of benzene rings is 1. The SMILES string of the molecule is CNC(=O)Cn1cc(NC(C)c2ccc(F)cc2F)cn1. The van der Waals surface area contributed by atoms with Gasteiger partial charge in [0.2, 0.25) is 5.91 Å². The third kappa shape index (κ3) is 3.77. The number of likely N-dealkylation sites (N-methyl/N-ethyl adjacent to an activating group) is 1. The highest BCUT2D eigenvalue weighted by atomic mass is 19.1. The lowest BCUT2D eigenvalue weighted by molar-refractivity contribution is -0.121. The third-order valence-electron chi connectivity index (χ3n) is 3.03. The van der Waals surface area contributed by atoms with E-state index in [4.69, 9.17) is 0 Å². The molecule has 112 valence electrons. The standard InChI is InChI=1S/C14H16F2N4O/c1-9(12-4-3-10(15)5-13(12)16)19-11-6-18-20(7-11)8-14(21)17-2/h3-7,9,19H,8H2,1-2H3,(H,17,21). The van der Waals surface area contributed by atoms with E-state index in [1.165, 1.54) is 16.8 Å². The molecule has 1 unspecified atom stereocenters. The number of rotatable bonds is 5. The van der Waals surface area contributed by atoms with Crippen LogP contribution in [-0.4, -0.2) is 22.7 Å². The first-order chi connectivity index (χ1) is 9.99. The highest BCUT2D eigenvalue weighted by Gasteiger charge is 2.12. The highest BCUT2D eigenvalue weighted by Crippen LogP contribution is 2.22. The lowest BCUT2D eigenvalue weighted by atomic mass is 10.1. The summed E-state index contributed by atoms with van der Waals surface area (Å²) in [6.07, 6.45) is 3.19. The van der Waals surface area contributed by atoms with Crippen LogP contribution in [0, 0.1) is 11.6 Å². The molecule has 2 N–H and O–H groups in total. The monoisotopic (exact) mass is 294 g/mol. The quantitative estimate of drug-likeness (QED) is 0.887. The number of hydrogen-bond acceptors (Lipinski definition) is 3. The Balaban J connectivity index is 2.05. The first-order valence-electron chi connectivity index (χ1n) is 6.44. The van der Waals surface area contributed by atoms with Gasteiger partial charge in [-0.3, -0.25) is 9.48 Å². The number of hydrogen-bond donors (Lipinski definition) is 2. The number of anilines is 1. The molecule has 7 heteroatoms. The van der Waals surface area contributed by atoms with Gasteiger partial charge < -0.3 is 10.6 Å². The molecule has 2 aromatic rings. The molecule has 0 saturated heterocycles. The van der Waals surface area contributed by atoms with Crippen LogP contribution in [0.1, 0.15) is 18.5 Å². The summed E-state index contributed by atoms with van der Waals surface area (Å²) in [4.78, 5) is 11.2. The molecule has 0 fully saturated rings. The summed E-state index contributed by atoms with van der Waals surface area (Å²) in [5.41, 5.74) is 1.01. The Morgan fingerprint density at radius 3 is 2.86 bits per heavy atom. The van der Waals surface area contributed by atoms with E-state index in [2.05, 4.69) is 15.7 Å². The van der Waals surface area contributed by atoms with E-state index in [1.54, 1.807) is 26.4 Å². The number of carbonyl (C=O) groups is 1. The van der Waals surface area contributed by atoms with E-state index < -0.39 is 11.6 Å². The average Bonchev–Trinajstić information content (AvgIpc) is 2.85. The Labute approximate surface area is 121 Å². The van der Waals surface area contributed by atoms with Gasteiger partial charge in [0.1, 0.15) is 18.2 Å². The van der Waals surface area contributed by atoms with E-state index >= 15 is 0 Å². The summed E-state index contributed by atoms with van der Waals surface area (Å²) < 4.78 is 28.0. The Morgan fingerprint density at radius 2 is 2.19 bits per heavy atom. The van der Waals surface area contributed by atoms with Gasteiger partial charge in [0, 0.05) is 24.9 Å². The molecule has 1 aromatic heterocycles. The first-order valence-corrected chi connectivity index (χ1v) is 6.44. The molecule has 2 rings (SSSR count). The largest absolute Gasteiger partial charge is 0.376 e. The summed E-state index contributed by atoms with van der Waals surface area (Å²) in [7, 11) is 1.55. The van der Waals surface area contributed by atoms with Gasteiger partial charge in [-0.25, -0.2) is 8.78 Å². The number of nitrogens with one attached hydrogen (secondary N) is 2. The van der Waals surface area contributed by atoms with Gasteiger partial charge in [0.05, 0.1) is 17.9 Å². The van der Waals surface area contributed by atoms with Gasteiger partial charge in [0.25, 0.3) is 0 Å². The number of amides is 1. The number of aromatic nitrogens is 2. The smallest absolute Gasteiger partial charge is 0.241 e. The summed E-state index contributed by atoms with van der Waals surface area (Å²) in [5, 5.41) is 9.58. The maximum Gasteiger partial charge on any atom is 0.241 e. The maximum absolute atomic E-state index is 13.7. The van der Waals surface area contributed by atoms with Crippen molar-refractivity contribution in [1.82, 2.24) is 15.1 Å². The molecule has 0 radical (unpaired) electrons. The molecule has 1 amide bonds. The molecule has 0 bridgehead atoms. The fraction of sp³-hybridized carbons (Fsp3) is 0.286. The maximum atomic E-state index is 13.7. The third-order valence-corrected chi connectivity index (χ3v) is 3.03. The Morgan fingerprint density at radius 1 is 1.43 bits per heavy atom. The van der Waals surface area contributed by atoms with Gasteiger partial charge >= 0.3 is 0 Å². The Bertz CT molecular complexity index is 642. The minimum Gasteiger partial charge on any atom is -0.376 e. The topological polar surface area (TPSA) is 59.0 Å². The second-order valence-electron chi connectivity index (χ2n) is 4.63. The van der Waals surface area contributed by atoms with Crippen molar-refractivity contribution < 1.29 is 13.6 Å². The molecule has 0 aliphatic heterocycles. The van der Waals surface area contributed by atoms with E-state index in [-0.39, 0.29) is 18.5 Å². The average molecular weight is 294 g/mol. The zero-order chi connectivity index (χ0) is 15.4. The minimum absolute atomic E-state index is 0.109. The van der Waals surface area contributed by atoms with Crippen molar-refractivity contribution in [1.29, 1.82) is 0 Å². The summed E-state index contributed by atoms with van der Waals surface area (Å²) in [6.45, 7) is 1.86. The van der Waals surface area contributed by atoms with Gasteiger partial charge in [-0.2, -0.15) is 5.10 Å². The second-order valence-corrected chi connectivity index (χ2v) is 4.63. The molecule has 21 heavy (non-hydrogen) atoms. The predicted molar refractivity (Wildman–Crippen MR) is 74.7 cm³/mol. The lowest BCUT2D eigenvalue weighted by Gasteiger charge is -2.14.